The fraction of sp³-hybridized carbons (Fsp3) is 1.00. The summed E-state index contributed by atoms with van der Waals surface area (Å²) in [4.78, 5) is 0. The van der Waals surface area contributed by atoms with E-state index in [0.717, 1.165) is 0 Å². The zero-order valence-corrected chi connectivity index (χ0v) is 12.4. The number of aliphatic hydroxyl groups excluding tert-OH is 1. The molecule has 0 aromatic rings. The first-order valence-electron chi connectivity index (χ1n) is 6.30. The predicted octanol–water partition coefficient (Wildman–Crippen LogP) is 0.0447. The molecule has 6 nitrogen and oxygen atoms in total. The van der Waals surface area contributed by atoms with Gasteiger partial charge in [0.2, 0.25) is 0 Å². The minimum atomic E-state index is -3.46. The van der Waals surface area contributed by atoms with Gasteiger partial charge in [-0.05, 0) is 13.8 Å². The molecule has 0 radical (unpaired) electrons. The molecule has 0 aliphatic carbocycles. The molecule has 0 aromatic heterocycles. The van der Waals surface area contributed by atoms with E-state index in [2.05, 4.69) is 0 Å². The lowest BCUT2D eigenvalue weighted by atomic mass is 10.1. The van der Waals surface area contributed by atoms with E-state index in [4.69, 9.17) is 4.74 Å². The largest absolute Gasteiger partial charge is 0.394 e. The van der Waals surface area contributed by atoms with E-state index >= 15 is 0 Å². The molecule has 0 bridgehead atoms. The van der Waals surface area contributed by atoms with Crippen molar-refractivity contribution in [2.24, 2.45) is 0 Å². The van der Waals surface area contributed by atoms with Crippen LogP contribution in [-0.4, -0.2) is 66.6 Å². The first kappa shape index (κ1) is 15.8. The van der Waals surface area contributed by atoms with Crippen molar-refractivity contribution in [3.05, 3.63) is 0 Å². The highest BCUT2D eigenvalue weighted by Gasteiger charge is 2.40. The number of aliphatic hydroxyl groups is 1. The Morgan fingerprint density at radius 1 is 1.39 bits per heavy atom. The SMILES string of the molecule is CCN(CC)S(=O)(=O)N1CC(CO)OC(C)(C)C1. The van der Waals surface area contributed by atoms with Gasteiger partial charge >= 0.3 is 0 Å². The van der Waals surface area contributed by atoms with Gasteiger partial charge in [-0.2, -0.15) is 17.0 Å². The van der Waals surface area contributed by atoms with Crippen molar-refractivity contribution >= 4 is 10.2 Å². The van der Waals surface area contributed by atoms with Gasteiger partial charge in [0.25, 0.3) is 10.2 Å². The molecule has 0 aromatic carbocycles. The fourth-order valence-electron chi connectivity index (χ4n) is 2.23. The summed E-state index contributed by atoms with van der Waals surface area (Å²) in [5, 5.41) is 9.20. The second-order valence-corrected chi connectivity index (χ2v) is 7.00. The van der Waals surface area contributed by atoms with Gasteiger partial charge in [0, 0.05) is 26.2 Å². The Hall–Kier alpha value is -0.210. The summed E-state index contributed by atoms with van der Waals surface area (Å²) in [6.45, 7) is 8.53. The molecule has 1 rings (SSSR count). The summed E-state index contributed by atoms with van der Waals surface area (Å²) in [5.74, 6) is 0. The maximum absolute atomic E-state index is 12.4. The van der Waals surface area contributed by atoms with E-state index in [1.807, 2.05) is 27.7 Å². The normalized spacial score (nSPS) is 25.6. The van der Waals surface area contributed by atoms with Crippen LogP contribution in [0.15, 0.2) is 0 Å². The Morgan fingerprint density at radius 2 is 1.94 bits per heavy atom. The Balaban J connectivity index is 2.94. The minimum Gasteiger partial charge on any atom is -0.394 e. The van der Waals surface area contributed by atoms with E-state index in [0.29, 0.717) is 19.6 Å². The number of hydrogen-bond acceptors (Lipinski definition) is 4. The molecule has 1 unspecified atom stereocenters. The fourth-order valence-corrected chi connectivity index (χ4v) is 4.03. The molecule has 0 spiro atoms. The van der Waals surface area contributed by atoms with Gasteiger partial charge in [-0.3, -0.25) is 0 Å². The van der Waals surface area contributed by atoms with E-state index in [-0.39, 0.29) is 13.2 Å². The quantitative estimate of drug-likeness (QED) is 0.772. The van der Waals surface area contributed by atoms with Crippen molar-refractivity contribution in [1.82, 2.24) is 8.61 Å². The van der Waals surface area contributed by atoms with Crippen LogP contribution in [0.4, 0.5) is 0 Å². The number of hydrogen-bond donors (Lipinski definition) is 1. The van der Waals surface area contributed by atoms with Gasteiger partial charge in [0.15, 0.2) is 0 Å². The third kappa shape index (κ3) is 3.42. The number of morpholine rings is 1. The highest BCUT2D eigenvalue weighted by atomic mass is 32.2. The second-order valence-electron chi connectivity index (χ2n) is 5.07. The van der Waals surface area contributed by atoms with E-state index < -0.39 is 21.9 Å². The summed E-state index contributed by atoms with van der Waals surface area (Å²) in [6.07, 6.45) is -0.459. The van der Waals surface area contributed by atoms with Crippen LogP contribution < -0.4 is 0 Å². The molecule has 1 N–H and O–H groups in total. The average Bonchev–Trinajstić information content (AvgIpc) is 2.28. The number of rotatable bonds is 5. The first-order chi connectivity index (χ1) is 8.26. The lowest BCUT2D eigenvalue weighted by Gasteiger charge is -2.42. The van der Waals surface area contributed by atoms with Gasteiger partial charge in [-0.25, -0.2) is 0 Å². The molecule has 1 aliphatic rings. The molecule has 0 saturated carbocycles. The Morgan fingerprint density at radius 3 is 2.39 bits per heavy atom. The maximum Gasteiger partial charge on any atom is 0.282 e. The van der Waals surface area contributed by atoms with Crippen LogP contribution in [0.1, 0.15) is 27.7 Å². The van der Waals surface area contributed by atoms with Crippen LogP contribution in [-0.2, 0) is 14.9 Å². The molecule has 1 aliphatic heterocycles. The molecule has 1 saturated heterocycles. The lowest BCUT2D eigenvalue weighted by molar-refractivity contribution is -0.132. The predicted molar refractivity (Wildman–Crippen MR) is 69.5 cm³/mol. The summed E-state index contributed by atoms with van der Waals surface area (Å²) in [5.41, 5.74) is -0.578. The lowest BCUT2D eigenvalue weighted by Crippen LogP contribution is -2.58. The highest BCUT2D eigenvalue weighted by molar-refractivity contribution is 7.86. The van der Waals surface area contributed by atoms with Gasteiger partial charge in [0.1, 0.15) is 0 Å². The summed E-state index contributed by atoms with van der Waals surface area (Å²) >= 11 is 0. The molecule has 108 valence electrons. The monoisotopic (exact) mass is 280 g/mol. The van der Waals surface area contributed by atoms with Gasteiger partial charge in [0.05, 0.1) is 18.3 Å². The van der Waals surface area contributed by atoms with Crippen LogP contribution >= 0.6 is 0 Å². The molecule has 18 heavy (non-hydrogen) atoms. The van der Waals surface area contributed by atoms with Crippen molar-refractivity contribution in [3.8, 4) is 0 Å². The molecule has 0 amide bonds. The molecule has 1 fully saturated rings. The average molecular weight is 280 g/mol. The van der Waals surface area contributed by atoms with Gasteiger partial charge in [-0.1, -0.05) is 13.8 Å². The van der Waals surface area contributed by atoms with Crippen molar-refractivity contribution in [2.75, 3.05) is 32.8 Å². The van der Waals surface area contributed by atoms with Gasteiger partial charge in [-0.15, -0.1) is 0 Å². The summed E-state index contributed by atoms with van der Waals surface area (Å²) in [6, 6.07) is 0. The first-order valence-corrected chi connectivity index (χ1v) is 7.70. The van der Waals surface area contributed by atoms with E-state index in [9.17, 15) is 13.5 Å². The summed E-state index contributed by atoms with van der Waals surface area (Å²) < 4.78 is 33.3. The zero-order chi connectivity index (χ0) is 14.0. The van der Waals surface area contributed by atoms with Crippen molar-refractivity contribution in [3.63, 3.8) is 0 Å². The van der Waals surface area contributed by atoms with Crippen LogP contribution in [0.2, 0.25) is 0 Å². The van der Waals surface area contributed by atoms with E-state index in [1.54, 1.807) is 0 Å². The second kappa shape index (κ2) is 5.83. The van der Waals surface area contributed by atoms with Crippen molar-refractivity contribution < 1.29 is 18.3 Å². The smallest absolute Gasteiger partial charge is 0.282 e. The Bertz CT molecular complexity index is 365. The van der Waals surface area contributed by atoms with E-state index in [1.165, 1.54) is 8.61 Å². The number of nitrogens with zero attached hydrogens (tertiary/aromatic N) is 2. The van der Waals surface area contributed by atoms with Crippen LogP contribution in [0.5, 0.6) is 0 Å². The molecular weight excluding hydrogens is 256 g/mol. The maximum atomic E-state index is 12.4. The van der Waals surface area contributed by atoms with Crippen LogP contribution in [0.3, 0.4) is 0 Å². The minimum absolute atomic E-state index is 0.173. The molecule has 1 heterocycles. The highest BCUT2D eigenvalue weighted by Crippen LogP contribution is 2.24. The number of ether oxygens (including phenoxy) is 1. The topological polar surface area (TPSA) is 70.1 Å². The Labute approximate surface area is 110 Å². The standard InChI is InChI=1S/C11H24N2O4S/c1-5-12(6-2)18(15,16)13-7-10(8-14)17-11(3,4)9-13/h10,14H,5-9H2,1-4H3. The molecule has 7 heteroatoms. The Kier molecular flexibility index (Phi) is 5.13. The van der Waals surface area contributed by atoms with Crippen LogP contribution in [0.25, 0.3) is 0 Å². The molecular formula is C11H24N2O4S. The van der Waals surface area contributed by atoms with Crippen molar-refractivity contribution in [1.29, 1.82) is 0 Å². The third-order valence-corrected chi connectivity index (χ3v) is 5.11. The third-order valence-electron chi connectivity index (χ3n) is 3.01. The van der Waals surface area contributed by atoms with Gasteiger partial charge < -0.3 is 9.84 Å². The zero-order valence-electron chi connectivity index (χ0n) is 11.6. The summed E-state index contributed by atoms with van der Waals surface area (Å²) in [7, 11) is -3.46. The van der Waals surface area contributed by atoms with Crippen LogP contribution in [0, 0.1) is 0 Å². The molecule has 1 atom stereocenters. The van der Waals surface area contributed by atoms with Crippen molar-refractivity contribution in [2.45, 2.75) is 39.4 Å².